The molecular weight excluding hydrogens is 315 g/mol. The SMILES string of the molecule is Cc1ccc(C=NNC(=O)c2cc(-c3ccc(F)cc3)n[nH]2)s1. The second-order valence-corrected chi connectivity index (χ2v) is 6.14. The van der Waals surface area contributed by atoms with E-state index < -0.39 is 5.91 Å². The van der Waals surface area contributed by atoms with Gasteiger partial charge in [0.25, 0.3) is 5.91 Å². The Kier molecular flexibility index (Phi) is 4.29. The van der Waals surface area contributed by atoms with Crippen molar-refractivity contribution < 1.29 is 9.18 Å². The number of hydrazone groups is 1. The van der Waals surface area contributed by atoms with Gasteiger partial charge in [-0.3, -0.25) is 9.89 Å². The molecule has 0 saturated heterocycles. The monoisotopic (exact) mass is 328 g/mol. The van der Waals surface area contributed by atoms with Crippen molar-refractivity contribution in [1.29, 1.82) is 0 Å². The number of H-pyrrole nitrogens is 1. The number of nitrogens with zero attached hydrogens (tertiary/aromatic N) is 2. The molecule has 0 fully saturated rings. The highest BCUT2D eigenvalue weighted by molar-refractivity contribution is 7.13. The van der Waals surface area contributed by atoms with Crippen molar-refractivity contribution >= 4 is 23.5 Å². The van der Waals surface area contributed by atoms with Gasteiger partial charge >= 0.3 is 0 Å². The first-order chi connectivity index (χ1) is 11.1. The molecule has 2 heterocycles. The minimum atomic E-state index is -0.393. The van der Waals surface area contributed by atoms with E-state index >= 15 is 0 Å². The summed E-state index contributed by atoms with van der Waals surface area (Å²) in [4.78, 5) is 14.1. The number of carbonyl (C=O) groups is 1. The number of benzene rings is 1. The molecule has 0 aliphatic heterocycles. The second-order valence-electron chi connectivity index (χ2n) is 4.82. The molecule has 5 nitrogen and oxygen atoms in total. The Hall–Kier alpha value is -2.80. The van der Waals surface area contributed by atoms with E-state index in [0.717, 1.165) is 10.4 Å². The predicted molar refractivity (Wildman–Crippen MR) is 88.1 cm³/mol. The van der Waals surface area contributed by atoms with Crippen molar-refractivity contribution in [1.82, 2.24) is 15.6 Å². The lowest BCUT2D eigenvalue weighted by Crippen LogP contribution is -2.17. The predicted octanol–water partition coefficient (Wildman–Crippen LogP) is 3.35. The van der Waals surface area contributed by atoms with Gasteiger partial charge in [-0.25, -0.2) is 9.82 Å². The molecule has 2 aromatic heterocycles. The van der Waals surface area contributed by atoms with Crippen LogP contribution in [0, 0.1) is 12.7 Å². The zero-order chi connectivity index (χ0) is 16.2. The van der Waals surface area contributed by atoms with Crippen LogP contribution in [0.25, 0.3) is 11.3 Å². The van der Waals surface area contributed by atoms with Crippen molar-refractivity contribution in [3.63, 3.8) is 0 Å². The number of halogens is 1. The third-order valence-corrected chi connectivity index (χ3v) is 4.02. The number of aromatic amines is 1. The fraction of sp³-hybridized carbons (Fsp3) is 0.0625. The summed E-state index contributed by atoms with van der Waals surface area (Å²) in [5.41, 5.74) is 4.00. The first-order valence-corrected chi connectivity index (χ1v) is 7.64. The van der Waals surface area contributed by atoms with Crippen LogP contribution < -0.4 is 5.43 Å². The highest BCUT2D eigenvalue weighted by Gasteiger charge is 2.10. The molecule has 3 aromatic rings. The van der Waals surface area contributed by atoms with Gasteiger partial charge in [0.15, 0.2) is 0 Å². The summed E-state index contributed by atoms with van der Waals surface area (Å²) in [6, 6.07) is 11.4. The molecule has 1 amide bonds. The molecule has 0 aliphatic rings. The molecule has 2 N–H and O–H groups in total. The fourth-order valence-electron chi connectivity index (χ4n) is 1.94. The summed E-state index contributed by atoms with van der Waals surface area (Å²) >= 11 is 1.59. The number of aryl methyl sites for hydroxylation is 1. The normalized spacial score (nSPS) is 11.0. The Morgan fingerprint density at radius 1 is 1.30 bits per heavy atom. The lowest BCUT2D eigenvalue weighted by atomic mass is 10.1. The maximum Gasteiger partial charge on any atom is 0.289 e. The molecular formula is C16H13FN4OS. The molecule has 116 valence electrons. The van der Waals surface area contributed by atoms with Gasteiger partial charge in [-0.1, -0.05) is 0 Å². The number of aromatic nitrogens is 2. The van der Waals surface area contributed by atoms with Crippen LogP contribution in [0.1, 0.15) is 20.2 Å². The standard InChI is InChI=1S/C16H13FN4OS/c1-10-2-7-13(23-10)9-18-21-16(22)15-8-14(19-20-15)11-3-5-12(17)6-4-11/h2-9H,1H3,(H,19,20)(H,21,22). The van der Waals surface area contributed by atoms with Gasteiger partial charge in [-0.15, -0.1) is 11.3 Å². The van der Waals surface area contributed by atoms with Crippen LogP contribution >= 0.6 is 11.3 Å². The Bertz CT molecular complexity index is 851. The molecule has 1 aromatic carbocycles. The van der Waals surface area contributed by atoms with E-state index in [9.17, 15) is 9.18 Å². The number of thiophene rings is 1. The molecule has 0 atom stereocenters. The first kappa shape index (κ1) is 15.1. The van der Waals surface area contributed by atoms with Crippen LogP contribution in [0.15, 0.2) is 47.6 Å². The van der Waals surface area contributed by atoms with Gasteiger partial charge in [-0.05, 0) is 49.4 Å². The molecule has 23 heavy (non-hydrogen) atoms. The number of rotatable bonds is 4. The largest absolute Gasteiger partial charge is 0.289 e. The summed E-state index contributed by atoms with van der Waals surface area (Å²) in [6.07, 6.45) is 1.59. The molecule has 0 spiro atoms. The van der Waals surface area contributed by atoms with Crippen LogP contribution in [0.2, 0.25) is 0 Å². The molecule has 0 radical (unpaired) electrons. The molecule has 0 unspecified atom stereocenters. The highest BCUT2D eigenvalue weighted by Crippen LogP contribution is 2.18. The van der Waals surface area contributed by atoms with Crippen molar-refractivity contribution in [2.24, 2.45) is 5.10 Å². The molecule has 0 saturated carbocycles. The molecule has 0 bridgehead atoms. The quantitative estimate of drug-likeness (QED) is 0.569. The molecule has 0 aliphatic carbocycles. The summed E-state index contributed by atoms with van der Waals surface area (Å²) in [5, 5.41) is 10.6. The number of carbonyl (C=O) groups excluding carboxylic acids is 1. The van der Waals surface area contributed by atoms with Gasteiger partial charge in [0.1, 0.15) is 11.5 Å². The van der Waals surface area contributed by atoms with Gasteiger partial charge in [0.05, 0.1) is 11.9 Å². The van der Waals surface area contributed by atoms with Crippen LogP contribution in [0.4, 0.5) is 4.39 Å². The van der Waals surface area contributed by atoms with Gasteiger partial charge in [0, 0.05) is 15.3 Å². The van der Waals surface area contributed by atoms with Gasteiger partial charge in [0.2, 0.25) is 0 Å². The summed E-state index contributed by atoms with van der Waals surface area (Å²) in [6.45, 7) is 2.00. The third kappa shape index (κ3) is 3.70. The van der Waals surface area contributed by atoms with Gasteiger partial charge in [-0.2, -0.15) is 10.2 Å². The number of nitrogens with one attached hydrogen (secondary N) is 2. The fourth-order valence-corrected chi connectivity index (χ4v) is 2.69. The van der Waals surface area contributed by atoms with Crippen molar-refractivity contribution in [2.75, 3.05) is 0 Å². The second kappa shape index (κ2) is 6.53. The van der Waals surface area contributed by atoms with Crippen LogP contribution in [0.3, 0.4) is 0 Å². The van der Waals surface area contributed by atoms with Gasteiger partial charge < -0.3 is 0 Å². The topological polar surface area (TPSA) is 70.1 Å². The summed E-state index contributed by atoms with van der Waals surface area (Å²) in [7, 11) is 0. The maximum absolute atomic E-state index is 12.9. The molecule has 3 rings (SSSR count). The Morgan fingerprint density at radius 3 is 2.78 bits per heavy atom. The van der Waals surface area contributed by atoms with Crippen LogP contribution in [-0.4, -0.2) is 22.3 Å². The van der Waals surface area contributed by atoms with Crippen LogP contribution in [-0.2, 0) is 0 Å². The zero-order valence-corrected chi connectivity index (χ0v) is 13.0. The van der Waals surface area contributed by atoms with Crippen molar-refractivity contribution in [2.45, 2.75) is 6.92 Å². The van der Waals surface area contributed by atoms with E-state index in [0.29, 0.717) is 5.69 Å². The van der Waals surface area contributed by atoms with E-state index in [-0.39, 0.29) is 11.5 Å². The number of hydrogen-bond acceptors (Lipinski definition) is 4. The number of hydrogen-bond donors (Lipinski definition) is 2. The highest BCUT2D eigenvalue weighted by atomic mass is 32.1. The lowest BCUT2D eigenvalue weighted by Gasteiger charge is -1.95. The minimum absolute atomic E-state index is 0.281. The Morgan fingerprint density at radius 2 is 2.09 bits per heavy atom. The average Bonchev–Trinajstić information content (AvgIpc) is 3.17. The number of amides is 1. The van der Waals surface area contributed by atoms with Crippen LogP contribution in [0.5, 0.6) is 0 Å². The van der Waals surface area contributed by atoms with Crippen molar-refractivity contribution in [3.05, 3.63) is 63.7 Å². The van der Waals surface area contributed by atoms with Crippen molar-refractivity contribution in [3.8, 4) is 11.3 Å². The summed E-state index contributed by atoms with van der Waals surface area (Å²) < 4.78 is 12.9. The van der Waals surface area contributed by atoms with E-state index in [2.05, 4.69) is 20.7 Å². The Balaban J connectivity index is 1.66. The average molecular weight is 328 g/mol. The lowest BCUT2D eigenvalue weighted by molar-refractivity contribution is 0.0950. The maximum atomic E-state index is 12.9. The minimum Gasteiger partial charge on any atom is -0.272 e. The van der Waals surface area contributed by atoms with E-state index in [1.807, 2.05) is 19.1 Å². The molecule has 7 heteroatoms. The summed E-state index contributed by atoms with van der Waals surface area (Å²) in [5.74, 6) is -0.712. The third-order valence-electron chi connectivity index (χ3n) is 3.08. The first-order valence-electron chi connectivity index (χ1n) is 6.83. The zero-order valence-electron chi connectivity index (χ0n) is 12.2. The smallest absolute Gasteiger partial charge is 0.272 e. The van der Waals surface area contributed by atoms with E-state index in [1.165, 1.54) is 17.0 Å². The van der Waals surface area contributed by atoms with E-state index in [4.69, 9.17) is 0 Å². The van der Waals surface area contributed by atoms with E-state index in [1.54, 1.807) is 35.8 Å². The Labute approximate surface area is 135 Å².